The van der Waals surface area contributed by atoms with Crippen LogP contribution in [0.2, 0.25) is 0 Å². The van der Waals surface area contributed by atoms with Gasteiger partial charge in [-0.1, -0.05) is 37.1 Å². The Labute approximate surface area is 111 Å². The standard InChI is InChI=1S/C16H25NO/c1-13(16-8-3-4-9-16)17-11-14-6-5-7-15(10-14)12-18-2/h5-7,10,13,16-17H,3-4,8-9,11-12H2,1-2H3/t13-/m1/s1. The van der Waals surface area contributed by atoms with Crippen molar-refractivity contribution in [1.82, 2.24) is 5.32 Å². The largest absolute Gasteiger partial charge is 0.380 e. The quantitative estimate of drug-likeness (QED) is 0.830. The first-order valence-corrected chi connectivity index (χ1v) is 7.09. The van der Waals surface area contributed by atoms with Crippen LogP contribution in [-0.2, 0) is 17.9 Å². The second-order valence-corrected chi connectivity index (χ2v) is 5.47. The van der Waals surface area contributed by atoms with Crippen molar-refractivity contribution >= 4 is 0 Å². The number of nitrogens with one attached hydrogen (secondary N) is 1. The third kappa shape index (κ3) is 3.82. The molecule has 1 fully saturated rings. The second kappa shape index (κ2) is 6.91. The number of hydrogen-bond donors (Lipinski definition) is 1. The zero-order chi connectivity index (χ0) is 12.8. The Morgan fingerprint density at radius 1 is 1.28 bits per heavy atom. The van der Waals surface area contributed by atoms with Gasteiger partial charge in [-0.3, -0.25) is 0 Å². The number of benzene rings is 1. The maximum absolute atomic E-state index is 5.17. The summed E-state index contributed by atoms with van der Waals surface area (Å²) in [6.45, 7) is 4.00. The topological polar surface area (TPSA) is 21.3 Å². The van der Waals surface area contributed by atoms with Crippen molar-refractivity contribution in [2.45, 2.75) is 51.8 Å². The van der Waals surface area contributed by atoms with Crippen LogP contribution < -0.4 is 5.32 Å². The average molecular weight is 247 g/mol. The molecule has 2 rings (SSSR count). The molecule has 0 radical (unpaired) electrons. The molecule has 1 aromatic rings. The summed E-state index contributed by atoms with van der Waals surface area (Å²) in [5.41, 5.74) is 2.61. The van der Waals surface area contributed by atoms with Gasteiger partial charge in [-0.25, -0.2) is 0 Å². The van der Waals surface area contributed by atoms with Crippen LogP contribution in [0.4, 0.5) is 0 Å². The molecule has 0 aromatic heterocycles. The van der Waals surface area contributed by atoms with Gasteiger partial charge in [0, 0.05) is 19.7 Å². The molecule has 18 heavy (non-hydrogen) atoms. The molecule has 2 nitrogen and oxygen atoms in total. The van der Waals surface area contributed by atoms with E-state index < -0.39 is 0 Å². The summed E-state index contributed by atoms with van der Waals surface area (Å²) < 4.78 is 5.17. The highest BCUT2D eigenvalue weighted by molar-refractivity contribution is 5.22. The Hall–Kier alpha value is -0.860. The zero-order valence-electron chi connectivity index (χ0n) is 11.6. The molecule has 0 spiro atoms. The summed E-state index contributed by atoms with van der Waals surface area (Å²) in [4.78, 5) is 0. The number of hydrogen-bond acceptors (Lipinski definition) is 2. The van der Waals surface area contributed by atoms with E-state index >= 15 is 0 Å². The fourth-order valence-electron chi connectivity index (χ4n) is 2.90. The van der Waals surface area contributed by atoms with E-state index in [0.717, 1.165) is 12.5 Å². The summed E-state index contributed by atoms with van der Waals surface area (Å²) in [5.74, 6) is 0.882. The molecule has 1 aliphatic carbocycles. The Morgan fingerprint density at radius 3 is 2.72 bits per heavy atom. The van der Waals surface area contributed by atoms with Crippen LogP contribution in [-0.4, -0.2) is 13.2 Å². The minimum atomic E-state index is 0.638. The van der Waals surface area contributed by atoms with Gasteiger partial charge in [0.25, 0.3) is 0 Å². The fourth-order valence-corrected chi connectivity index (χ4v) is 2.90. The third-order valence-electron chi connectivity index (χ3n) is 4.04. The van der Waals surface area contributed by atoms with Gasteiger partial charge in [-0.05, 0) is 36.8 Å². The first kappa shape index (κ1) is 13.6. The van der Waals surface area contributed by atoms with Gasteiger partial charge < -0.3 is 10.1 Å². The summed E-state index contributed by atoms with van der Waals surface area (Å²) in [7, 11) is 1.74. The number of rotatable bonds is 6. The van der Waals surface area contributed by atoms with E-state index in [9.17, 15) is 0 Å². The van der Waals surface area contributed by atoms with Crippen LogP contribution >= 0.6 is 0 Å². The lowest BCUT2D eigenvalue weighted by molar-refractivity contribution is 0.185. The van der Waals surface area contributed by atoms with Gasteiger partial charge in [0.1, 0.15) is 0 Å². The Morgan fingerprint density at radius 2 is 2.00 bits per heavy atom. The normalized spacial score (nSPS) is 18.1. The van der Waals surface area contributed by atoms with Crippen LogP contribution in [0.15, 0.2) is 24.3 Å². The molecule has 0 bridgehead atoms. The van der Waals surface area contributed by atoms with Gasteiger partial charge in [-0.15, -0.1) is 0 Å². The molecule has 1 atom stereocenters. The summed E-state index contributed by atoms with van der Waals surface area (Å²) in [5, 5.41) is 3.67. The summed E-state index contributed by atoms with van der Waals surface area (Å²) in [6.07, 6.45) is 5.63. The monoisotopic (exact) mass is 247 g/mol. The van der Waals surface area contributed by atoms with E-state index in [1.807, 2.05) is 0 Å². The van der Waals surface area contributed by atoms with Crippen molar-refractivity contribution in [2.24, 2.45) is 5.92 Å². The maximum Gasteiger partial charge on any atom is 0.0713 e. The van der Waals surface area contributed by atoms with Crippen LogP contribution in [0.5, 0.6) is 0 Å². The van der Waals surface area contributed by atoms with Gasteiger partial charge in [-0.2, -0.15) is 0 Å². The average Bonchev–Trinajstić information content (AvgIpc) is 2.91. The fraction of sp³-hybridized carbons (Fsp3) is 0.625. The van der Waals surface area contributed by atoms with Crippen molar-refractivity contribution in [1.29, 1.82) is 0 Å². The second-order valence-electron chi connectivity index (χ2n) is 5.47. The molecule has 0 saturated heterocycles. The van der Waals surface area contributed by atoms with E-state index in [1.165, 1.54) is 36.8 Å². The van der Waals surface area contributed by atoms with Gasteiger partial charge in [0.2, 0.25) is 0 Å². The Kier molecular flexibility index (Phi) is 5.21. The van der Waals surface area contributed by atoms with Gasteiger partial charge >= 0.3 is 0 Å². The predicted molar refractivity (Wildman–Crippen MR) is 75.4 cm³/mol. The Balaban J connectivity index is 1.83. The van der Waals surface area contributed by atoms with Crippen LogP contribution in [0, 0.1) is 5.92 Å². The molecule has 1 saturated carbocycles. The third-order valence-corrected chi connectivity index (χ3v) is 4.04. The zero-order valence-corrected chi connectivity index (χ0v) is 11.6. The Bertz CT molecular complexity index is 358. The number of ether oxygens (including phenoxy) is 1. The van der Waals surface area contributed by atoms with Crippen LogP contribution in [0.1, 0.15) is 43.7 Å². The van der Waals surface area contributed by atoms with Gasteiger partial charge in [0.05, 0.1) is 6.61 Å². The number of methoxy groups -OCH3 is 1. The highest BCUT2D eigenvalue weighted by Gasteiger charge is 2.20. The molecule has 0 aliphatic heterocycles. The minimum Gasteiger partial charge on any atom is -0.380 e. The lowest BCUT2D eigenvalue weighted by Crippen LogP contribution is -2.31. The predicted octanol–water partition coefficient (Wildman–Crippen LogP) is 3.50. The molecule has 0 heterocycles. The highest BCUT2D eigenvalue weighted by Crippen LogP contribution is 2.27. The molecule has 1 N–H and O–H groups in total. The van der Waals surface area contributed by atoms with E-state index in [0.29, 0.717) is 12.6 Å². The molecule has 100 valence electrons. The summed E-state index contributed by atoms with van der Waals surface area (Å²) in [6, 6.07) is 9.29. The lowest BCUT2D eigenvalue weighted by Gasteiger charge is -2.20. The molecule has 1 aliphatic rings. The molecule has 0 unspecified atom stereocenters. The minimum absolute atomic E-state index is 0.638. The van der Waals surface area contributed by atoms with Crippen molar-refractivity contribution < 1.29 is 4.74 Å². The lowest BCUT2D eigenvalue weighted by atomic mass is 9.99. The van der Waals surface area contributed by atoms with E-state index in [4.69, 9.17) is 4.74 Å². The highest BCUT2D eigenvalue weighted by atomic mass is 16.5. The molecule has 2 heteroatoms. The van der Waals surface area contributed by atoms with Crippen LogP contribution in [0.25, 0.3) is 0 Å². The van der Waals surface area contributed by atoms with Crippen molar-refractivity contribution in [2.75, 3.05) is 7.11 Å². The first-order valence-electron chi connectivity index (χ1n) is 7.09. The molecule has 1 aromatic carbocycles. The van der Waals surface area contributed by atoms with Crippen molar-refractivity contribution in [3.05, 3.63) is 35.4 Å². The molecule has 0 amide bonds. The van der Waals surface area contributed by atoms with E-state index in [1.54, 1.807) is 7.11 Å². The maximum atomic E-state index is 5.17. The molecular formula is C16H25NO. The van der Waals surface area contributed by atoms with Crippen molar-refractivity contribution in [3.63, 3.8) is 0 Å². The van der Waals surface area contributed by atoms with Crippen molar-refractivity contribution in [3.8, 4) is 0 Å². The first-order chi connectivity index (χ1) is 8.79. The van der Waals surface area contributed by atoms with Crippen LogP contribution in [0.3, 0.4) is 0 Å². The summed E-state index contributed by atoms with van der Waals surface area (Å²) >= 11 is 0. The molecular weight excluding hydrogens is 222 g/mol. The van der Waals surface area contributed by atoms with Gasteiger partial charge in [0.15, 0.2) is 0 Å². The van der Waals surface area contributed by atoms with E-state index in [-0.39, 0.29) is 0 Å². The van der Waals surface area contributed by atoms with E-state index in [2.05, 4.69) is 36.5 Å². The smallest absolute Gasteiger partial charge is 0.0713 e. The SMILES string of the molecule is COCc1cccc(CN[C@H](C)C2CCCC2)c1.